The summed E-state index contributed by atoms with van der Waals surface area (Å²) < 4.78 is 11.4. The van der Waals surface area contributed by atoms with E-state index in [9.17, 15) is 0 Å². The standard InChI is InChI=1S/C36H46N4O2/c1-8-24-14-15-38-34-30(20-31(37)35(41-6)36(34)42-7)29(24)18-25(9-2)22(4)16-28-17-26(11-10-21(28)3)27-12-13-32-33(19-27)40-23(5)39-32/h11-13,15,17-22,24-25H,8-10,14,16,37H2,1-7H3,(H,39,40)/b29-18-. The van der Waals surface area contributed by atoms with E-state index in [-0.39, 0.29) is 0 Å². The average Bonchev–Trinajstić information content (AvgIpc) is 3.27. The van der Waals surface area contributed by atoms with Crippen LogP contribution in [0.25, 0.3) is 22.2 Å². The first-order chi connectivity index (χ1) is 20.3. The molecule has 0 bridgehead atoms. The monoisotopic (exact) mass is 566 g/mol. The van der Waals surface area contributed by atoms with E-state index < -0.39 is 0 Å². The molecule has 0 spiro atoms. The van der Waals surface area contributed by atoms with Crippen molar-refractivity contribution < 1.29 is 9.47 Å². The van der Waals surface area contributed by atoms with Crippen LogP contribution in [-0.4, -0.2) is 30.4 Å². The maximum Gasteiger partial charge on any atom is 0.189 e. The summed E-state index contributed by atoms with van der Waals surface area (Å²) in [5, 5.41) is 0. The Morgan fingerprint density at radius 1 is 1.12 bits per heavy atom. The maximum absolute atomic E-state index is 6.48. The number of rotatable bonds is 9. The summed E-state index contributed by atoms with van der Waals surface area (Å²) in [5.74, 6) is 3.91. The summed E-state index contributed by atoms with van der Waals surface area (Å²) >= 11 is 0. The molecule has 1 aliphatic carbocycles. The fourth-order valence-corrected chi connectivity index (χ4v) is 6.70. The lowest BCUT2D eigenvalue weighted by molar-refractivity contribution is 0.357. The number of methoxy groups -OCH3 is 2. The van der Waals surface area contributed by atoms with Crippen molar-refractivity contribution in [3.05, 3.63) is 65.0 Å². The summed E-state index contributed by atoms with van der Waals surface area (Å²) in [6.07, 6.45) is 14.5. The molecule has 2 aliphatic rings. The number of aryl methyl sites for hydroxylation is 1. The Morgan fingerprint density at radius 2 is 1.90 bits per heavy atom. The highest BCUT2D eigenvalue weighted by Crippen LogP contribution is 2.50. The van der Waals surface area contributed by atoms with Crippen LogP contribution in [0.2, 0.25) is 0 Å². The van der Waals surface area contributed by atoms with Gasteiger partial charge in [0.05, 0.1) is 30.9 Å². The number of hydrogen-bond acceptors (Lipinski definition) is 5. The van der Waals surface area contributed by atoms with Crippen molar-refractivity contribution in [1.29, 1.82) is 0 Å². The van der Waals surface area contributed by atoms with E-state index in [1.807, 2.05) is 19.2 Å². The van der Waals surface area contributed by atoms with Gasteiger partial charge >= 0.3 is 0 Å². The number of H-pyrrole nitrogens is 1. The summed E-state index contributed by atoms with van der Waals surface area (Å²) in [6, 6.07) is 8.59. The number of fused-ring (bicyclic) bond motifs is 2. The molecule has 2 heterocycles. The third kappa shape index (κ3) is 5.77. The van der Waals surface area contributed by atoms with Gasteiger partial charge in [0, 0.05) is 11.8 Å². The van der Waals surface area contributed by atoms with Crippen LogP contribution in [0.15, 0.2) is 53.1 Å². The first-order valence-electron chi connectivity index (χ1n) is 15.4. The first kappa shape index (κ1) is 29.7. The predicted octanol–water partition coefficient (Wildman–Crippen LogP) is 9.09. The molecule has 4 atom stereocenters. The zero-order chi connectivity index (χ0) is 30.0. The van der Waals surface area contributed by atoms with Gasteiger partial charge in [-0.25, -0.2) is 4.98 Å². The van der Waals surface area contributed by atoms with Crippen molar-refractivity contribution in [1.82, 2.24) is 9.97 Å². The average molecular weight is 567 g/mol. The molecule has 2 aromatic carbocycles. The third-order valence-electron chi connectivity index (χ3n) is 9.25. The van der Waals surface area contributed by atoms with E-state index in [2.05, 4.69) is 74.1 Å². The number of allylic oxidation sites excluding steroid dienone is 6. The van der Waals surface area contributed by atoms with Crippen LogP contribution in [0.4, 0.5) is 11.4 Å². The number of aliphatic imine (C=N–C) groups is 1. The molecule has 222 valence electrons. The maximum atomic E-state index is 6.48. The molecule has 5 rings (SSSR count). The van der Waals surface area contributed by atoms with Gasteiger partial charge in [-0.3, -0.25) is 4.99 Å². The second-order valence-electron chi connectivity index (χ2n) is 12.0. The fraction of sp³-hybridized carbons (Fsp3) is 0.444. The van der Waals surface area contributed by atoms with Gasteiger partial charge in [0.2, 0.25) is 0 Å². The van der Waals surface area contributed by atoms with E-state index in [1.54, 1.807) is 14.2 Å². The number of nitrogens with one attached hydrogen (secondary N) is 1. The second-order valence-corrected chi connectivity index (χ2v) is 12.0. The Morgan fingerprint density at radius 3 is 2.62 bits per heavy atom. The Labute approximate surface area is 250 Å². The van der Waals surface area contributed by atoms with E-state index in [0.717, 1.165) is 60.2 Å². The normalized spacial score (nSPS) is 21.0. The molecule has 6 heteroatoms. The van der Waals surface area contributed by atoms with Gasteiger partial charge in [-0.2, -0.15) is 0 Å². The molecule has 3 aromatic rings. The van der Waals surface area contributed by atoms with Gasteiger partial charge in [-0.05, 0) is 97.6 Å². The Balaban J connectivity index is 1.46. The van der Waals surface area contributed by atoms with Crippen molar-refractivity contribution in [3.63, 3.8) is 0 Å². The minimum atomic E-state index is 0.372. The second kappa shape index (κ2) is 12.6. The number of anilines is 1. The highest BCUT2D eigenvalue weighted by Gasteiger charge is 2.28. The third-order valence-corrected chi connectivity index (χ3v) is 9.25. The number of nitrogen functional groups attached to an aromatic ring is 1. The van der Waals surface area contributed by atoms with Crippen molar-refractivity contribution in [2.24, 2.45) is 28.7 Å². The molecule has 4 unspecified atom stereocenters. The molecule has 1 aliphatic heterocycles. The number of nitrogens with zero attached hydrogens (tertiary/aromatic N) is 2. The number of imidazole rings is 1. The van der Waals surface area contributed by atoms with Crippen LogP contribution in [-0.2, 0) is 0 Å². The lowest BCUT2D eigenvalue weighted by Crippen LogP contribution is -2.15. The zero-order valence-electron chi connectivity index (χ0n) is 26.3. The molecule has 42 heavy (non-hydrogen) atoms. The van der Waals surface area contributed by atoms with E-state index in [0.29, 0.717) is 40.9 Å². The molecule has 0 fully saturated rings. The molecular formula is C36H46N4O2. The number of nitrogens with two attached hydrogens (primary N) is 1. The van der Waals surface area contributed by atoms with Crippen LogP contribution < -0.4 is 15.2 Å². The molecule has 0 amide bonds. The number of hydrogen-bond donors (Lipinski definition) is 2. The number of benzene rings is 2. The topological polar surface area (TPSA) is 85.5 Å². The summed E-state index contributed by atoms with van der Waals surface area (Å²) in [5.41, 5.74) is 16.5. The SMILES string of the molecule is CCC1CC=Nc2c(cc(N)c(OC)c2OC)/C1=C\C(CC)C(C)CC1=CC(c2ccc3nc(C)[nH]c3c2)=CCC1C. The lowest BCUT2D eigenvalue weighted by Gasteiger charge is -2.28. The minimum Gasteiger partial charge on any atom is -0.491 e. The number of aromatic nitrogens is 2. The van der Waals surface area contributed by atoms with Crippen molar-refractivity contribution in [2.75, 3.05) is 20.0 Å². The van der Waals surface area contributed by atoms with Crippen LogP contribution in [0.5, 0.6) is 11.5 Å². The summed E-state index contributed by atoms with van der Waals surface area (Å²) in [4.78, 5) is 12.8. The minimum absolute atomic E-state index is 0.372. The van der Waals surface area contributed by atoms with Gasteiger partial charge < -0.3 is 20.2 Å². The van der Waals surface area contributed by atoms with Crippen LogP contribution in [0.3, 0.4) is 0 Å². The lowest BCUT2D eigenvalue weighted by atomic mass is 9.77. The van der Waals surface area contributed by atoms with Crippen LogP contribution in [0.1, 0.15) is 76.8 Å². The largest absolute Gasteiger partial charge is 0.491 e. The van der Waals surface area contributed by atoms with Gasteiger partial charge in [0.25, 0.3) is 0 Å². The Hall–Kier alpha value is -3.80. The highest BCUT2D eigenvalue weighted by molar-refractivity contribution is 5.90. The van der Waals surface area contributed by atoms with Gasteiger partial charge in [-0.15, -0.1) is 0 Å². The van der Waals surface area contributed by atoms with E-state index in [4.69, 9.17) is 20.2 Å². The molecule has 6 nitrogen and oxygen atoms in total. The molecule has 0 saturated heterocycles. The van der Waals surface area contributed by atoms with Gasteiger partial charge in [0.15, 0.2) is 11.5 Å². The van der Waals surface area contributed by atoms with Gasteiger partial charge in [0.1, 0.15) is 11.5 Å². The molecule has 0 saturated carbocycles. The fourth-order valence-electron chi connectivity index (χ4n) is 6.70. The molecule has 1 aromatic heterocycles. The smallest absolute Gasteiger partial charge is 0.189 e. The predicted molar refractivity (Wildman–Crippen MR) is 177 cm³/mol. The molecule has 0 radical (unpaired) electrons. The summed E-state index contributed by atoms with van der Waals surface area (Å²) in [6.45, 7) is 11.3. The number of aromatic amines is 1. The van der Waals surface area contributed by atoms with Crippen LogP contribution in [0, 0.1) is 30.6 Å². The zero-order valence-corrected chi connectivity index (χ0v) is 26.3. The van der Waals surface area contributed by atoms with E-state index in [1.165, 1.54) is 22.3 Å². The molecule has 3 N–H and O–H groups in total. The van der Waals surface area contributed by atoms with Gasteiger partial charge in [-0.1, -0.05) is 57.6 Å². The van der Waals surface area contributed by atoms with Crippen molar-refractivity contribution in [2.45, 2.75) is 66.7 Å². The van der Waals surface area contributed by atoms with Crippen molar-refractivity contribution >= 4 is 39.8 Å². The van der Waals surface area contributed by atoms with Crippen LogP contribution >= 0.6 is 0 Å². The van der Waals surface area contributed by atoms with E-state index >= 15 is 0 Å². The quantitative estimate of drug-likeness (QED) is 0.253. The summed E-state index contributed by atoms with van der Waals surface area (Å²) in [7, 11) is 3.28. The highest BCUT2D eigenvalue weighted by atomic mass is 16.5. The first-order valence-corrected chi connectivity index (χ1v) is 15.4. The molecular weight excluding hydrogens is 520 g/mol. The van der Waals surface area contributed by atoms with Crippen molar-refractivity contribution in [3.8, 4) is 11.5 Å². The Bertz CT molecular complexity index is 1570. The number of ether oxygens (including phenoxy) is 2. The Kier molecular flexibility index (Phi) is 8.91.